The number of nitrogens with zero attached hydrogens (tertiary/aromatic N) is 1. The first-order valence-corrected chi connectivity index (χ1v) is 6.26. The number of benzene rings is 1. The van der Waals surface area contributed by atoms with Crippen molar-refractivity contribution in [3.8, 4) is 0 Å². The van der Waals surface area contributed by atoms with Crippen LogP contribution in [0.25, 0.3) is 0 Å². The summed E-state index contributed by atoms with van der Waals surface area (Å²) >= 11 is 0. The van der Waals surface area contributed by atoms with E-state index in [1.165, 1.54) is 0 Å². The smallest absolute Gasteiger partial charge is 0.256 e. The van der Waals surface area contributed by atoms with Crippen molar-refractivity contribution in [1.29, 1.82) is 0 Å². The molecule has 0 aliphatic rings. The van der Waals surface area contributed by atoms with Crippen LogP contribution < -0.4 is 5.73 Å². The van der Waals surface area contributed by atoms with Crippen LogP contribution in [0, 0.1) is 6.92 Å². The van der Waals surface area contributed by atoms with Crippen LogP contribution in [0.2, 0.25) is 0 Å². The predicted octanol–water partition coefficient (Wildman–Crippen LogP) is 2.84. The molecule has 1 amide bonds. The van der Waals surface area contributed by atoms with E-state index in [0.717, 1.165) is 31.5 Å². The van der Waals surface area contributed by atoms with Gasteiger partial charge < -0.3 is 10.6 Å². The van der Waals surface area contributed by atoms with Crippen molar-refractivity contribution in [2.75, 3.05) is 18.8 Å². The third kappa shape index (κ3) is 3.22. The summed E-state index contributed by atoms with van der Waals surface area (Å²) in [7, 11) is 0. The van der Waals surface area contributed by atoms with E-state index in [0.29, 0.717) is 11.3 Å². The van der Waals surface area contributed by atoms with Gasteiger partial charge in [0.2, 0.25) is 0 Å². The summed E-state index contributed by atoms with van der Waals surface area (Å²) in [5.74, 6) is 0.0524. The molecular weight excluding hydrogens is 212 g/mol. The molecule has 0 saturated heterocycles. The van der Waals surface area contributed by atoms with Gasteiger partial charge in [0.05, 0.1) is 5.56 Å². The molecule has 0 unspecified atom stereocenters. The second-order valence-electron chi connectivity index (χ2n) is 4.28. The zero-order chi connectivity index (χ0) is 12.8. The second-order valence-corrected chi connectivity index (χ2v) is 4.28. The van der Waals surface area contributed by atoms with E-state index in [9.17, 15) is 4.79 Å². The quantitative estimate of drug-likeness (QED) is 0.796. The average molecular weight is 234 g/mol. The molecule has 0 bridgehead atoms. The molecule has 3 nitrogen and oxygen atoms in total. The maximum atomic E-state index is 12.4. The number of carbonyl (C=O) groups excluding carboxylic acids is 1. The lowest BCUT2D eigenvalue weighted by atomic mass is 10.1. The molecule has 17 heavy (non-hydrogen) atoms. The molecule has 0 spiro atoms. The number of aryl methyl sites for hydroxylation is 1. The normalized spacial score (nSPS) is 10.3. The monoisotopic (exact) mass is 234 g/mol. The minimum Gasteiger partial charge on any atom is -0.398 e. The lowest BCUT2D eigenvalue weighted by molar-refractivity contribution is 0.0762. The van der Waals surface area contributed by atoms with Gasteiger partial charge in [-0.25, -0.2) is 0 Å². The molecule has 1 aromatic rings. The van der Waals surface area contributed by atoms with E-state index in [4.69, 9.17) is 5.73 Å². The highest BCUT2D eigenvalue weighted by atomic mass is 16.2. The number of carbonyl (C=O) groups is 1. The summed E-state index contributed by atoms with van der Waals surface area (Å²) in [4.78, 5) is 14.2. The van der Waals surface area contributed by atoms with E-state index in [-0.39, 0.29) is 5.91 Å². The zero-order valence-electron chi connectivity index (χ0n) is 11.0. The second kappa shape index (κ2) is 6.28. The van der Waals surface area contributed by atoms with Gasteiger partial charge in [0.25, 0.3) is 5.91 Å². The van der Waals surface area contributed by atoms with Crippen LogP contribution >= 0.6 is 0 Å². The molecule has 0 heterocycles. The van der Waals surface area contributed by atoms with Crippen LogP contribution in [0.5, 0.6) is 0 Å². The Balaban J connectivity index is 2.93. The molecule has 0 fully saturated rings. The number of unbranched alkanes of at least 4 members (excludes halogenated alkanes) is 1. The molecule has 0 aromatic heterocycles. The molecule has 0 aliphatic carbocycles. The van der Waals surface area contributed by atoms with Crippen LogP contribution in [0.15, 0.2) is 18.2 Å². The molecule has 0 atom stereocenters. The number of hydrogen-bond donors (Lipinski definition) is 1. The van der Waals surface area contributed by atoms with E-state index in [1.54, 1.807) is 6.07 Å². The van der Waals surface area contributed by atoms with Crippen molar-refractivity contribution in [2.24, 2.45) is 0 Å². The van der Waals surface area contributed by atoms with E-state index in [2.05, 4.69) is 6.92 Å². The van der Waals surface area contributed by atoms with Gasteiger partial charge >= 0.3 is 0 Å². The van der Waals surface area contributed by atoms with E-state index < -0.39 is 0 Å². The number of amides is 1. The molecule has 0 radical (unpaired) electrons. The van der Waals surface area contributed by atoms with Crippen molar-refractivity contribution in [3.05, 3.63) is 29.3 Å². The third-order valence-electron chi connectivity index (χ3n) is 2.97. The highest BCUT2D eigenvalue weighted by Gasteiger charge is 2.17. The molecule has 94 valence electrons. The number of nitrogen functional groups attached to an aromatic ring is 1. The van der Waals surface area contributed by atoms with Crippen LogP contribution in [0.4, 0.5) is 5.69 Å². The fourth-order valence-electron chi connectivity index (χ4n) is 1.89. The van der Waals surface area contributed by atoms with Gasteiger partial charge in [-0.3, -0.25) is 4.79 Å². The maximum Gasteiger partial charge on any atom is 0.256 e. The van der Waals surface area contributed by atoms with Gasteiger partial charge in [0, 0.05) is 18.8 Å². The van der Waals surface area contributed by atoms with Crippen molar-refractivity contribution in [3.63, 3.8) is 0 Å². The lowest BCUT2D eigenvalue weighted by Crippen LogP contribution is -2.32. The van der Waals surface area contributed by atoms with Gasteiger partial charge in [-0.05, 0) is 31.9 Å². The summed E-state index contributed by atoms with van der Waals surface area (Å²) in [5.41, 5.74) is 8.08. The summed E-state index contributed by atoms with van der Waals surface area (Å²) in [5, 5.41) is 0. The molecule has 2 N–H and O–H groups in total. The van der Waals surface area contributed by atoms with Gasteiger partial charge in [-0.15, -0.1) is 0 Å². The number of anilines is 1. The van der Waals surface area contributed by atoms with Gasteiger partial charge in [0.15, 0.2) is 0 Å². The largest absolute Gasteiger partial charge is 0.398 e. The Morgan fingerprint density at radius 3 is 2.59 bits per heavy atom. The van der Waals surface area contributed by atoms with Crippen molar-refractivity contribution in [2.45, 2.75) is 33.6 Å². The van der Waals surface area contributed by atoms with E-state index in [1.807, 2.05) is 30.9 Å². The topological polar surface area (TPSA) is 46.3 Å². The third-order valence-corrected chi connectivity index (χ3v) is 2.97. The first-order chi connectivity index (χ1) is 8.11. The van der Waals surface area contributed by atoms with Crippen molar-refractivity contribution < 1.29 is 4.79 Å². The Hall–Kier alpha value is -1.51. The van der Waals surface area contributed by atoms with Gasteiger partial charge in [-0.2, -0.15) is 0 Å². The van der Waals surface area contributed by atoms with Crippen LogP contribution in [-0.4, -0.2) is 23.9 Å². The van der Waals surface area contributed by atoms with Gasteiger partial charge in [-0.1, -0.05) is 25.5 Å². The first-order valence-electron chi connectivity index (χ1n) is 6.26. The van der Waals surface area contributed by atoms with Crippen molar-refractivity contribution >= 4 is 11.6 Å². The predicted molar refractivity (Wildman–Crippen MR) is 72.1 cm³/mol. The summed E-state index contributed by atoms with van der Waals surface area (Å²) in [6.07, 6.45) is 2.12. The van der Waals surface area contributed by atoms with Gasteiger partial charge in [0.1, 0.15) is 0 Å². The molecule has 0 saturated carbocycles. The van der Waals surface area contributed by atoms with E-state index >= 15 is 0 Å². The highest BCUT2D eigenvalue weighted by Crippen LogP contribution is 2.18. The minimum absolute atomic E-state index is 0.0524. The fourth-order valence-corrected chi connectivity index (χ4v) is 1.89. The first kappa shape index (κ1) is 13.6. The Morgan fingerprint density at radius 1 is 1.35 bits per heavy atom. The number of rotatable bonds is 5. The number of hydrogen-bond acceptors (Lipinski definition) is 2. The standard InChI is InChI=1S/C14H22N2O/c1-4-6-10-16(5-2)14(17)13-11(3)8-7-9-12(13)15/h7-9H,4-6,10,15H2,1-3H3. The molecular formula is C14H22N2O. The zero-order valence-corrected chi connectivity index (χ0v) is 11.0. The summed E-state index contributed by atoms with van der Waals surface area (Å²) in [6.45, 7) is 7.59. The summed E-state index contributed by atoms with van der Waals surface area (Å²) < 4.78 is 0. The molecule has 3 heteroatoms. The van der Waals surface area contributed by atoms with Crippen LogP contribution in [0.1, 0.15) is 42.6 Å². The summed E-state index contributed by atoms with van der Waals surface area (Å²) in [6, 6.07) is 5.59. The fraction of sp³-hybridized carbons (Fsp3) is 0.500. The highest BCUT2D eigenvalue weighted by molar-refractivity contribution is 6.00. The van der Waals surface area contributed by atoms with Crippen LogP contribution in [-0.2, 0) is 0 Å². The molecule has 1 aromatic carbocycles. The Kier molecular flexibility index (Phi) is 5.01. The van der Waals surface area contributed by atoms with Crippen molar-refractivity contribution in [1.82, 2.24) is 4.90 Å². The lowest BCUT2D eigenvalue weighted by Gasteiger charge is -2.22. The average Bonchev–Trinajstić information content (AvgIpc) is 2.30. The molecule has 1 rings (SSSR count). The Morgan fingerprint density at radius 2 is 2.06 bits per heavy atom. The van der Waals surface area contributed by atoms with Crippen LogP contribution in [0.3, 0.4) is 0 Å². The Labute approximate surface area is 104 Å². The minimum atomic E-state index is 0.0524. The maximum absolute atomic E-state index is 12.4. The Bertz CT molecular complexity index is 368. The number of nitrogens with two attached hydrogens (primary N) is 1. The SMILES string of the molecule is CCCCN(CC)C(=O)c1c(C)cccc1N. The molecule has 0 aliphatic heterocycles.